The second-order valence-corrected chi connectivity index (χ2v) is 9.01. The molecule has 2 aliphatic heterocycles. The van der Waals surface area contributed by atoms with Crippen LogP contribution in [0, 0.1) is 5.82 Å². The van der Waals surface area contributed by atoms with E-state index < -0.39 is 23.9 Å². The molecule has 2 aromatic carbocycles. The van der Waals surface area contributed by atoms with Crippen LogP contribution in [0.3, 0.4) is 0 Å². The third-order valence-electron chi connectivity index (χ3n) is 6.36. The van der Waals surface area contributed by atoms with Crippen molar-refractivity contribution in [3.8, 4) is 17.2 Å². The number of amides is 3. The van der Waals surface area contributed by atoms with Gasteiger partial charge in [0.15, 0.2) is 18.1 Å². The molecule has 37 heavy (non-hydrogen) atoms. The van der Waals surface area contributed by atoms with Crippen molar-refractivity contribution in [2.24, 2.45) is 5.73 Å². The Morgan fingerprint density at radius 2 is 2.00 bits per heavy atom. The highest BCUT2D eigenvalue weighted by Crippen LogP contribution is 2.29. The van der Waals surface area contributed by atoms with Gasteiger partial charge in [0.2, 0.25) is 11.8 Å². The first-order valence-electron chi connectivity index (χ1n) is 12.1. The standard InChI is InChI=1S/C26H31FN4O6/c1-35-22-4-2-16-3-5-24(32)29-13-17-8-18(27)11-19(9-17)37-21-6-7-31(26(34)12-28)14-20(21)30-25(33)15-36-23(22)10-16/h2,4,8-11,20-21H,3,5-7,12-15,28H2,1H3,(H,29,32)(H,30,33)/t20-,21-/m1/s1. The number of halogens is 1. The van der Waals surface area contributed by atoms with E-state index in [1.54, 1.807) is 23.1 Å². The number of nitrogens with two attached hydrogens (primary N) is 1. The molecule has 1 saturated heterocycles. The van der Waals surface area contributed by atoms with Crippen LogP contribution in [0.25, 0.3) is 0 Å². The lowest BCUT2D eigenvalue weighted by atomic mass is 10.0. The maximum atomic E-state index is 14.4. The molecule has 10 nitrogen and oxygen atoms in total. The minimum Gasteiger partial charge on any atom is -0.493 e. The van der Waals surface area contributed by atoms with Crippen LogP contribution in [-0.2, 0) is 27.3 Å². The topological polar surface area (TPSA) is 132 Å². The molecule has 3 amide bonds. The third kappa shape index (κ3) is 6.88. The molecule has 0 spiro atoms. The van der Waals surface area contributed by atoms with E-state index in [0.29, 0.717) is 36.4 Å². The Bertz CT molecular complexity index is 1160. The second kappa shape index (κ2) is 11.9. The highest BCUT2D eigenvalue weighted by atomic mass is 19.1. The molecule has 4 N–H and O–H groups in total. The molecule has 4 bridgehead atoms. The lowest BCUT2D eigenvalue weighted by molar-refractivity contribution is -0.134. The van der Waals surface area contributed by atoms with Crippen LogP contribution in [0.5, 0.6) is 17.2 Å². The molecule has 2 heterocycles. The van der Waals surface area contributed by atoms with Gasteiger partial charge in [0.1, 0.15) is 17.7 Å². The van der Waals surface area contributed by atoms with Crippen molar-refractivity contribution in [1.29, 1.82) is 0 Å². The van der Waals surface area contributed by atoms with Crippen LogP contribution in [0.15, 0.2) is 36.4 Å². The number of likely N-dealkylation sites (tertiary alicyclic amines) is 1. The molecule has 0 radical (unpaired) electrons. The molecule has 0 aliphatic carbocycles. The maximum Gasteiger partial charge on any atom is 0.258 e. The number of nitrogens with one attached hydrogen (secondary N) is 2. The van der Waals surface area contributed by atoms with Crippen LogP contribution >= 0.6 is 0 Å². The average molecular weight is 515 g/mol. The Kier molecular flexibility index (Phi) is 8.44. The summed E-state index contributed by atoms with van der Waals surface area (Å²) in [6.45, 7) is 0.242. The van der Waals surface area contributed by atoms with Crippen molar-refractivity contribution in [3.05, 3.63) is 53.3 Å². The van der Waals surface area contributed by atoms with E-state index in [-0.39, 0.29) is 50.2 Å². The van der Waals surface area contributed by atoms with E-state index in [1.807, 2.05) is 6.07 Å². The zero-order valence-corrected chi connectivity index (χ0v) is 20.6. The highest BCUT2D eigenvalue weighted by molar-refractivity contribution is 5.80. The molecular weight excluding hydrogens is 483 g/mol. The molecule has 2 aromatic rings. The van der Waals surface area contributed by atoms with E-state index >= 15 is 0 Å². The van der Waals surface area contributed by atoms with Gasteiger partial charge in [0, 0.05) is 38.5 Å². The second-order valence-electron chi connectivity index (χ2n) is 9.01. The van der Waals surface area contributed by atoms with E-state index in [2.05, 4.69) is 10.6 Å². The number of piperidine rings is 1. The Hall–Kier alpha value is -3.86. The van der Waals surface area contributed by atoms with E-state index in [4.69, 9.17) is 19.9 Å². The first-order chi connectivity index (χ1) is 17.8. The lowest BCUT2D eigenvalue weighted by Crippen LogP contribution is -2.59. The van der Waals surface area contributed by atoms with Crippen molar-refractivity contribution < 1.29 is 33.0 Å². The van der Waals surface area contributed by atoms with Gasteiger partial charge < -0.3 is 35.5 Å². The molecule has 11 heteroatoms. The summed E-state index contributed by atoms with van der Waals surface area (Å²) in [6, 6.07) is 8.93. The molecule has 1 fully saturated rings. The normalized spacial score (nSPS) is 20.7. The van der Waals surface area contributed by atoms with Crippen molar-refractivity contribution in [1.82, 2.24) is 15.5 Å². The Morgan fingerprint density at radius 1 is 1.16 bits per heavy atom. The van der Waals surface area contributed by atoms with E-state index in [9.17, 15) is 18.8 Å². The fourth-order valence-corrected chi connectivity index (χ4v) is 4.46. The molecule has 0 unspecified atom stereocenters. The Labute approximate surface area is 214 Å². The van der Waals surface area contributed by atoms with Gasteiger partial charge >= 0.3 is 0 Å². The molecule has 4 rings (SSSR count). The fraction of sp³-hybridized carbons (Fsp3) is 0.423. The van der Waals surface area contributed by atoms with E-state index in [0.717, 1.165) is 5.56 Å². The molecule has 198 valence electrons. The third-order valence-corrected chi connectivity index (χ3v) is 6.36. The predicted molar refractivity (Wildman–Crippen MR) is 132 cm³/mol. The number of hydrogen-bond acceptors (Lipinski definition) is 7. The minimum atomic E-state index is -0.584. The predicted octanol–water partition coefficient (Wildman–Crippen LogP) is 0.899. The number of aryl methyl sites for hydroxylation is 1. The van der Waals surface area contributed by atoms with Crippen LogP contribution in [0.2, 0.25) is 0 Å². The number of carbonyl (C=O) groups excluding carboxylic acids is 3. The van der Waals surface area contributed by atoms with Crippen molar-refractivity contribution in [3.63, 3.8) is 0 Å². The SMILES string of the molecule is COc1ccc2cc1OCC(=O)N[C@@H]1CN(C(=O)CN)CC[C@H]1Oc1cc(F)cc(c1)CNC(=O)CC2. The minimum absolute atomic E-state index is 0.132. The van der Waals surface area contributed by atoms with Crippen LogP contribution in [-0.4, -0.2) is 68.1 Å². The van der Waals surface area contributed by atoms with Gasteiger partial charge in [-0.2, -0.15) is 0 Å². The van der Waals surface area contributed by atoms with Gasteiger partial charge in [-0.15, -0.1) is 0 Å². The zero-order valence-electron chi connectivity index (χ0n) is 20.6. The van der Waals surface area contributed by atoms with Gasteiger partial charge in [0.05, 0.1) is 19.7 Å². The lowest BCUT2D eigenvalue weighted by Gasteiger charge is -2.38. The summed E-state index contributed by atoms with van der Waals surface area (Å²) in [5.74, 6) is -0.270. The summed E-state index contributed by atoms with van der Waals surface area (Å²) in [6.07, 6.45) is 0.514. The van der Waals surface area contributed by atoms with Crippen LogP contribution in [0.1, 0.15) is 24.0 Å². The van der Waals surface area contributed by atoms with Crippen LogP contribution < -0.4 is 30.6 Å². The number of methoxy groups -OCH3 is 1. The number of fused-ring (bicyclic) bond motifs is 5. The smallest absolute Gasteiger partial charge is 0.258 e. The molecule has 0 saturated carbocycles. The maximum absolute atomic E-state index is 14.4. The van der Waals surface area contributed by atoms with E-state index in [1.165, 1.54) is 19.2 Å². The fourth-order valence-electron chi connectivity index (χ4n) is 4.46. The number of carbonyl (C=O) groups is 3. The van der Waals surface area contributed by atoms with Gasteiger partial charge in [-0.05, 0) is 41.8 Å². The Balaban J connectivity index is 1.61. The number of ether oxygens (including phenoxy) is 3. The number of benzene rings is 2. The first-order valence-corrected chi connectivity index (χ1v) is 12.1. The van der Waals surface area contributed by atoms with Gasteiger partial charge in [0.25, 0.3) is 5.91 Å². The molecular formula is C26H31FN4O6. The van der Waals surface area contributed by atoms with Crippen molar-refractivity contribution >= 4 is 17.7 Å². The molecule has 0 aromatic heterocycles. The number of hydrogen-bond donors (Lipinski definition) is 3. The monoisotopic (exact) mass is 514 g/mol. The first kappa shape index (κ1) is 26.2. The van der Waals surface area contributed by atoms with Gasteiger partial charge in [-0.25, -0.2) is 4.39 Å². The van der Waals surface area contributed by atoms with Crippen molar-refractivity contribution in [2.45, 2.75) is 38.0 Å². The highest BCUT2D eigenvalue weighted by Gasteiger charge is 2.34. The molecule has 2 aliphatic rings. The summed E-state index contributed by atoms with van der Waals surface area (Å²) >= 11 is 0. The summed E-state index contributed by atoms with van der Waals surface area (Å²) in [5, 5.41) is 5.70. The summed E-state index contributed by atoms with van der Waals surface area (Å²) in [4.78, 5) is 39.1. The average Bonchev–Trinajstić information content (AvgIpc) is 2.89. The Morgan fingerprint density at radius 3 is 2.78 bits per heavy atom. The number of rotatable bonds is 2. The quantitative estimate of drug-likeness (QED) is 0.543. The van der Waals surface area contributed by atoms with Crippen LogP contribution in [0.4, 0.5) is 4.39 Å². The molecule has 2 atom stereocenters. The zero-order chi connectivity index (χ0) is 26.4. The van der Waals surface area contributed by atoms with Crippen molar-refractivity contribution in [2.75, 3.05) is 33.4 Å². The summed E-state index contributed by atoms with van der Waals surface area (Å²) < 4.78 is 31.6. The summed E-state index contributed by atoms with van der Waals surface area (Å²) in [5.41, 5.74) is 6.91. The van der Waals surface area contributed by atoms with Gasteiger partial charge in [-0.1, -0.05) is 6.07 Å². The summed E-state index contributed by atoms with van der Waals surface area (Å²) in [7, 11) is 1.50. The van der Waals surface area contributed by atoms with Gasteiger partial charge in [-0.3, -0.25) is 14.4 Å². The number of nitrogens with zero attached hydrogens (tertiary/aromatic N) is 1. The largest absolute Gasteiger partial charge is 0.493 e.